The van der Waals surface area contributed by atoms with E-state index in [0.717, 1.165) is 13.0 Å². The Kier molecular flexibility index (Phi) is 17.1. The van der Waals surface area contributed by atoms with Crippen LogP contribution in [0.3, 0.4) is 0 Å². The van der Waals surface area contributed by atoms with Crippen LogP contribution in [0.15, 0.2) is 61.3 Å². The molecule has 0 spiro atoms. The lowest BCUT2D eigenvalue weighted by molar-refractivity contribution is -0.192. The molecule has 0 saturated carbocycles. The second-order valence-corrected chi connectivity index (χ2v) is 15.4. The number of aliphatic carboxylic acids is 1. The zero-order valence-electron chi connectivity index (χ0n) is 37.8. The number of alkyl halides is 3. The van der Waals surface area contributed by atoms with Gasteiger partial charge in [0.25, 0.3) is 29.5 Å². The van der Waals surface area contributed by atoms with Crippen LogP contribution >= 0.6 is 0 Å². The number of nitrogens with one attached hydrogen (secondary N) is 7. The molecule has 25 heteroatoms. The molecule has 0 aliphatic rings. The van der Waals surface area contributed by atoms with Gasteiger partial charge >= 0.3 is 12.1 Å². The van der Waals surface area contributed by atoms with Crippen molar-refractivity contribution in [1.29, 1.82) is 0 Å². The summed E-state index contributed by atoms with van der Waals surface area (Å²) in [5, 5.41) is 26.4. The molecule has 0 radical (unpaired) electrons. The van der Waals surface area contributed by atoms with Crippen LogP contribution in [-0.2, 0) is 49.6 Å². The smallest absolute Gasteiger partial charge is 0.475 e. The highest BCUT2D eigenvalue weighted by molar-refractivity contribution is 6.10. The molecule has 0 aromatic carbocycles. The first-order valence-electron chi connectivity index (χ1n) is 20.2. The maximum Gasteiger partial charge on any atom is 0.490 e. The number of rotatable bonds is 17. The van der Waals surface area contributed by atoms with Gasteiger partial charge in [0, 0.05) is 92.7 Å². The van der Waals surface area contributed by atoms with Crippen LogP contribution in [0.25, 0.3) is 0 Å². The van der Waals surface area contributed by atoms with Gasteiger partial charge in [-0.15, -0.1) is 0 Å². The van der Waals surface area contributed by atoms with E-state index in [4.69, 9.17) is 9.90 Å². The summed E-state index contributed by atoms with van der Waals surface area (Å²) in [5.41, 5.74) is 3.17. The Morgan fingerprint density at radius 1 is 0.522 bits per heavy atom. The van der Waals surface area contributed by atoms with E-state index >= 15 is 0 Å². The first-order chi connectivity index (χ1) is 31.3. The highest BCUT2D eigenvalue weighted by atomic mass is 19.4. The van der Waals surface area contributed by atoms with E-state index in [1.165, 1.54) is 37.3 Å². The lowest BCUT2D eigenvalue weighted by Gasteiger charge is -2.10. The molecule has 0 atom stereocenters. The number of carboxylic acids is 1. The zero-order valence-corrected chi connectivity index (χ0v) is 37.8. The number of hydrogen-bond acceptors (Lipinski definition) is 9. The molecule has 0 fully saturated rings. The summed E-state index contributed by atoms with van der Waals surface area (Å²) in [7, 11) is 12.2. The molecule has 0 saturated heterocycles. The number of aromatic nitrogens is 5. The molecular weight excluding hydrogens is 888 g/mol. The molecule has 360 valence electrons. The molecule has 0 unspecified atom stereocenters. The highest BCUT2D eigenvalue weighted by Gasteiger charge is 2.38. The molecule has 5 aromatic rings. The summed E-state index contributed by atoms with van der Waals surface area (Å²) in [6.45, 7) is 2.94. The fourth-order valence-corrected chi connectivity index (χ4v) is 6.37. The minimum Gasteiger partial charge on any atom is -0.475 e. The van der Waals surface area contributed by atoms with Gasteiger partial charge in [-0.3, -0.25) is 33.6 Å². The molecule has 5 rings (SSSR count). The van der Waals surface area contributed by atoms with E-state index in [2.05, 4.69) is 37.2 Å². The fourth-order valence-electron chi connectivity index (χ4n) is 6.37. The maximum absolute atomic E-state index is 13.4. The standard InChI is InChI=1S/C40H51N13O7.C2HF3O2/c1-24(54)43-25-14-31(50(5)19-25)37(57)45-27-16-33(52(7)21-27)39(59)47-29-18-34(53(8)23-29)40(60)46-28-17-32(51(6)22-28)38(58)44-26-15-30(49(4)20-26)36(56)42-12-10-35(55)41-11-9-13-48(2)3;3-2(4,5)1(6)7/h14-23H,9-13H2,1-8H3,(H,41,55)(H,42,56)(H,43,54)(H,44,58)(H,45,57)(H,46,60)(H,47,59);(H,6,7). The van der Waals surface area contributed by atoms with E-state index < -0.39 is 41.7 Å². The minimum absolute atomic E-state index is 0.135. The Balaban J connectivity index is 0.00000129. The predicted octanol–water partition coefficient (Wildman–Crippen LogP) is 3.17. The lowest BCUT2D eigenvalue weighted by atomic mass is 10.3. The molecular formula is C42H52F3N13O9. The van der Waals surface area contributed by atoms with Gasteiger partial charge in [0.2, 0.25) is 11.8 Å². The van der Waals surface area contributed by atoms with Crippen LogP contribution in [0.1, 0.15) is 72.2 Å². The number of carbonyl (C=O) groups is 8. The molecule has 5 aromatic heterocycles. The van der Waals surface area contributed by atoms with Crippen molar-refractivity contribution in [2.75, 3.05) is 60.3 Å². The van der Waals surface area contributed by atoms with Gasteiger partial charge in [-0.1, -0.05) is 0 Å². The summed E-state index contributed by atoms with van der Waals surface area (Å²) < 4.78 is 39.5. The molecule has 0 aliphatic heterocycles. The number of amides is 7. The molecule has 22 nitrogen and oxygen atoms in total. The van der Waals surface area contributed by atoms with Crippen LogP contribution in [-0.4, -0.2) is 120 Å². The molecule has 5 heterocycles. The lowest BCUT2D eigenvalue weighted by Crippen LogP contribution is -2.32. The Hall–Kier alpha value is -8.09. The van der Waals surface area contributed by atoms with Crippen LogP contribution in [0.2, 0.25) is 0 Å². The van der Waals surface area contributed by atoms with Crippen molar-refractivity contribution in [1.82, 2.24) is 38.4 Å². The van der Waals surface area contributed by atoms with Crippen molar-refractivity contribution in [2.45, 2.75) is 25.9 Å². The van der Waals surface area contributed by atoms with Crippen LogP contribution < -0.4 is 37.2 Å². The Morgan fingerprint density at radius 2 is 0.821 bits per heavy atom. The monoisotopic (exact) mass is 939 g/mol. The van der Waals surface area contributed by atoms with E-state index in [0.29, 0.717) is 40.7 Å². The number of anilines is 5. The second kappa shape index (κ2) is 22.2. The normalized spacial score (nSPS) is 11.0. The van der Waals surface area contributed by atoms with Gasteiger partial charge < -0.3 is 70.1 Å². The van der Waals surface area contributed by atoms with E-state index in [-0.39, 0.29) is 47.6 Å². The summed E-state index contributed by atoms with van der Waals surface area (Å²) in [6.07, 6.45) is 3.81. The minimum atomic E-state index is -5.08. The largest absolute Gasteiger partial charge is 0.490 e. The first-order valence-corrected chi connectivity index (χ1v) is 20.2. The van der Waals surface area contributed by atoms with Crippen LogP contribution in [0.5, 0.6) is 0 Å². The van der Waals surface area contributed by atoms with Gasteiger partial charge in [-0.05, 0) is 57.4 Å². The predicted molar refractivity (Wildman–Crippen MR) is 240 cm³/mol. The Bertz CT molecular complexity index is 2670. The summed E-state index contributed by atoms with van der Waals surface area (Å²) in [4.78, 5) is 100. The van der Waals surface area contributed by atoms with Gasteiger partial charge in [0.1, 0.15) is 28.5 Å². The summed E-state index contributed by atoms with van der Waals surface area (Å²) in [5.74, 6) is -5.48. The molecule has 8 N–H and O–H groups in total. The maximum atomic E-state index is 13.4. The number of carbonyl (C=O) groups excluding carboxylic acids is 7. The number of hydrogen-bond donors (Lipinski definition) is 8. The molecule has 0 bridgehead atoms. The fraction of sp³-hybridized carbons (Fsp3) is 0.333. The topological polar surface area (TPSA) is 269 Å². The summed E-state index contributed by atoms with van der Waals surface area (Å²) in [6, 6.07) is 7.59. The molecule has 0 aliphatic carbocycles. The average Bonchev–Trinajstić information content (AvgIpc) is 4.04. The average molecular weight is 940 g/mol. The SMILES string of the molecule is CC(=O)Nc1cc(C(=O)Nc2cc(C(=O)Nc3cc(C(=O)Nc4cc(C(=O)Nc5cc(C(=O)NCCC(=O)NCCCN(C)C)n(C)c5)n(C)c4)n(C)c3)n(C)c2)n(C)c1.O=C(O)C(F)(F)F. The zero-order chi connectivity index (χ0) is 49.9. The third-order valence-electron chi connectivity index (χ3n) is 9.52. The van der Waals surface area contributed by atoms with Crippen molar-refractivity contribution < 1.29 is 56.6 Å². The number of nitrogens with zero attached hydrogens (tertiary/aromatic N) is 6. The van der Waals surface area contributed by atoms with Gasteiger partial charge in [0.15, 0.2) is 0 Å². The third kappa shape index (κ3) is 14.7. The van der Waals surface area contributed by atoms with Crippen LogP contribution in [0, 0.1) is 0 Å². The first kappa shape index (κ1) is 51.5. The quantitative estimate of drug-likeness (QED) is 0.0631. The number of halogens is 3. The van der Waals surface area contributed by atoms with E-state index in [1.807, 2.05) is 19.0 Å². The van der Waals surface area contributed by atoms with Crippen molar-refractivity contribution in [3.63, 3.8) is 0 Å². The van der Waals surface area contributed by atoms with Crippen molar-refractivity contribution in [3.8, 4) is 0 Å². The molecule has 67 heavy (non-hydrogen) atoms. The van der Waals surface area contributed by atoms with Gasteiger partial charge in [0.05, 0.1) is 28.4 Å². The molecule has 7 amide bonds. The number of carboxylic acid groups (broad SMARTS) is 1. The highest BCUT2D eigenvalue weighted by Crippen LogP contribution is 2.22. The van der Waals surface area contributed by atoms with Gasteiger partial charge in [-0.2, -0.15) is 13.2 Å². The Morgan fingerprint density at radius 3 is 1.10 bits per heavy atom. The van der Waals surface area contributed by atoms with Crippen molar-refractivity contribution in [3.05, 3.63) is 89.8 Å². The third-order valence-corrected chi connectivity index (χ3v) is 9.52. The summed E-state index contributed by atoms with van der Waals surface area (Å²) >= 11 is 0. The second-order valence-electron chi connectivity index (χ2n) is 15.4. The van der Waals surface area contributed by atoms with Crippen LogP contribution in [0.4, 0.5) is 41.6 Å². The van der Waals surface area contributed by atoms with E-state index in [9.17, 15) is 46.7 Å². The number of aryl methyl sites for hydroxylation is 5. The van der Waals surface area contributed by atoms with E-state index in [1.54, 1.807) is 89.1 Å². The Labute approximate surface area is 381 Å². The van der Waals surface area contributed by atoms with Gasteiger partial charge in [-0.25, -0.2) is 4.79 Å². The van der Waals surface area contributed by atoms with Crippen molar-refractivity contribution in [2.24, 2.45) is 35.2 Å². The van der Waals surface area contributed by atoms with Crippen molar-refractivity contribution >= 4 is 75.8 Å².